The molecule has 0 radical (unpaired) electrons. The average Bonchev–Trinajstić information content (AvgIpc) is 3.72. The summed E-state index contributed by atoms with van der Waals surface area (Å²) in [5.41, 5.74) is 9.39. The van der Waals surface area contributed by atoms with E-state index in [1.54, 1.807) is 0 Å². The van der Waals surface area contributed by atoms with Crippen LogP contribution in [-0.4, -0.2) is 109 Å². The van der Waals surface area contributed by atoms with Gasteiger partial charge in [0, 0.05) is 10.8 Å². The minimum atomic E-state index is -4.98. The van der Waals surface area contributed by atoms with E-state index in [-0.39, 0.29) is 22.9 Å². The van der Waals surface area contributed by atoms with Crippen LogP contribution in [0.1, 0.15) is 12.5 Å². The molecule has 2 fully saturated rings. The number of hydrogen-bond donors (Lipinski definition) is 8. The van der Waals surface area contributed by atoms with Crippen LogP contribution in [-0.2, 0) is 27.7 Å². The Kier molecular flexibility index (Phi) is 7.97. The van der Waals surface area contributed by atoms with Crippen LogP contribution in [0.25, 0.3) is 22.2 Å². The van der Waals surface area contributed by atoms with E-state index in [9.17, 15) is 39.0 Å². The van der Waals surface area contributed by atoms with E-state index < -0.39 is 83.3 Å². The molecule has 2 aliphatic rings. The van der Waals surface area contributed by atoms with Gasteiger partial charge in [-0.3, -0.25) is 18.9 Å². The van der Waals surface area contributed by atoms with Gasteiger partial charge in [0.15, 0.2) is 35.5 Å². The molecule has 4 aromatic rings. The Bertz CT molecular complexity index is 1830. The number of rotatable bonds is 9. The van der Waals surface area contributed by atoms with Crippen molar-refractivity contribution in [2.75, 3.05) is 24.7 Å². The van der Waals surface area contributed by atoms with Crippen molar-refractivity contribution in [1.29, 1.82) is 0 Å². The maximum atomic E-state index is 13.7. The van der Waals surface area contributed by atoms with Gasteiger partial charge in [-0.15, -0.1) is 9.42 Å². The quantitative estimate of drug-likeness (QED) is 0.0888. The lowest BCUT2D eigenvalue weighted by molar-refractivity contribution is -0.0489. The van der Waals surface area contributed by atoms with E-state index >= 15 is 0 Å². The second-order valence-electron chi connectivity index (χ2n) is 9.94. The first-order valence-electron chi connectivity index (χ1n) is 12.8. The minimum Gasteiger partial charge on any atom is -0.394 e. The van der Waals surface area contributed by atoms with Crippen molar-refractivity contribution >= 4 is 49.8 Å². The van der Waals surface area contributed by atoms with Crippen LogP contribution in [0.3, 0.4) is 0 Å². The standard InChI is InChI=1S/C21H25N9O12P2/c22-16-10-7(1-2-24-16)29(5-25-10)19-13(33)14(42-43(35)36)9(41-19)4-39-44(37,38)15-12(32)8(3-31)40-20(15)30-6-26-11-17(30)27-21(23)28-18(11)34/h1-2,5-6,8-9,12-15,19-20,31-33H,3-4H2,(H6-,22,23,24,27,28,34,35,36,37,38)/p+1/t8-,9-,12-,13-,14-,15-,19-,20-/m1/s1. The predicted octanol–water partition coefficient (Wildman–Crippen LogP) is -2.16. The van der Waals surface area contributed by atoms with Gasteiger partial charge < -0.3 is 50.2 Å². The normalized spacial score (nSPS) is 30.7. The Morgan fingerprint density at radius 3 is 2.50 bits per heavy atom. The molecule has 44 heavy (non-hydrogen) atoms. The summed E-state index contributed by atoms with van der Waals surface area (Å²) in [5, 5.41) is 31.7. The van der Waals surface area contributed by atoms with E-state index in [2.05, 4.69) is 24.9 Å². The van der Waals surface area contributed by atoms with Crippen molar-refractivity contribution in [3.8, 4) is 0 Å². The Morgan fingerprint density at radius 2 is 1.77 bits per heavy atom. The molecule has 0 saturated carbocycles. The molecule has 0 spiro atoms. The van der Waals surface area contributed by atoms with E-state index in [1.165, 1.54) is 23.2 Å². The van der Waals surface area contributed by atoms with Crippen molar-refractivity contribution in [3.05, 3.63) is 35.3 Å². The Labute approximate surface area is 245 Å². The number of aliphatic hydroxyl groups excluding tert-OH is 3. The SMILES string of the molecule is Nc1nc2c(ncn2[C@@H]2O[C@H](CO)[C@@H](O)[C@H]2P(=O)(O)OC[C@H]2O[C@@H](n3cnc4c(N)nccc43)[C@H](O)[C@@H]2O[P+](=O)O)c(=O)[nH]1. The highest BCUT2D eigenvalue weighted by atomic mass is 31.2. The molecule has 4 aromatic heterocycles. The largest absolute Gasteiger partial charge is 0.695 e. The smallest absolute Gasteiger partial charge is 0.394 e. The number of nitrogens with two attached hydrogens (primary N) is 2. The van der Waals surface area contributed by atoms with E-state index in [4.69, 9.17) is 30.0 Å². The molecule has 6 heterocycles. The number of nitrogens with zero attached hydrogens (tertiary/aromatic N) is 6. The molecule has 2 aliphatic heterocycles. The maximum Gasteiger partial charge on any atom is 0.695 e. The van der Waals surface area contributed by atoms with Crippen LogP contribution < -0.4 is 17.0 Å². The van der Waals surface area contributed by atoms with Gasteiger partial charge in [0.2, 0.25) is 5.95 Å². The molecule has 0 amide bonds. The molecular formula is C21H26N9O12P2+. The first-order valence-corrected chi connectivity index (χ1v) is 15.6. The van der Waals surface area contributed by atoms with Crippen LogP contribution in [0.15, 0.2) is 29.7 Å². The molecular weight excluding hydrogens is 632 g/mol. The molecule has 0 aliphatic carbocycles. The predicted molar refractivity (Wildman–Crippen MR) is 146 cm³/mol. The number of aromatic amines is 1. The second-order valence-corrected chi connectivity index (χ2v) is 12.6. The Balaban J connectivity index is 1.29. The summed E-state index contributed by atoms with van der Waals surface area (Å²) < 4.78 is 49.7. The second kappa shape index (κ2) is 11.5. The summed E-state index contributed by atoms with van der Waals surface area (Å²) in [6.07, 6.45) is -6.70. The van der Waals surface area contributed by atoms with Gasteiger partial charge in [-0.1, -0.05) is 0 Å². The molecule has 236 valence electrons. The van der Waals surface area contributed by atoms with Gasteiger partial charge in [-0.25, -0.2) is 15.0 Å². The van der Waals surface area contributed by atoms with E-state index in [0.717, 1.165) is 10.9 Å². The first-order chi connectivity index (χ1) is 20.9. The highest BCUT2D eigenvalue weighted by Crippen LogP contribution is 2.57. The van der Waals surface area contributed by atoms with Gasteiger partial charge >= 0.3 is 15.9 Å². The molecule has 10 atom stereocenters. The van der Waals surface area contributed by atoms with E-state index in [0.29, 0.717) is 11.0 Å². The molecule has 6 rings (SSSR count). The molecule has 21 nitrogen and oxygen atoms in total. The Hall–Kier alpha value is -3.46. The van der Waals surface area contributed by atoms with Gasteiger partial charge in [0.05, 0.1) is 31.4 Å². The molecule has 0 bridgehead atoms. The maximum absolute atomic E-state index is 13.7. The number of fused-ring (bicyclic) bond motifs is 2. The zero-order valence-electron chi connectivity index (χ0n) is 22.2. The van der Waals surface area contributed by atoms with Crippen LogP contribution in [0.5, 0.6) is 0 Å². The number of aliphatic hydroxyl groups is 3. The topological polar surface area (TPSA) is 319 Å². The molecule has 2 unspecified atom stereocenters. The van der Waals surface area contributed by atoms with Crippen molar-refractivity contribution in [1.82, 2.24) is 34.1 Å². The molecule has 2 saturated heterocycles. The number of aromatic nitrogens is 7. The summed E-state index contributed by atoms with van der Waals surface area (Å²) in [7, 11) is -8.25. The van der Waals surface area contributed by atoms with Crippen molar-refractivity contribution < 1.29 is 52.8 Å². The van der Waals surface area contributed by atoms with Gasteiger partial charge in [-0.05, 0) is 6.07 Å². The average molecular weight is 658 g/mol. The monoisotopic (exact) mass is 658 g/mol. The lowest BCUT2D eigenvalue weighted by Gasteiger charge is -2.27. The zero-order chi connectivity index (χ0) is 31.5. The van der Waals surface area contributed by atoms with Crippen molar-refractivity contribution in [3.63, 3.8) is 0 Å². The third kappa shape index (κ3) is 5.17. The Morgan fingerprint density at radius 1 is 1.07 bits per heavy atom. The minimum absolute atomic E-state index is 0.0994. The van der Waals surface area contributed by atoms with Crippen LogP contribution in [0.2, 0.25) is 0 Å². The molecule has 23 heteroatoms. The lowest BCUT2D eigenvalue weighted by atomic mass is 10.1. The number of H-pyrrole nitrogens is 1. The molecule has 0 aromatic carbocycles. The van der Waals surface area contributed by atoms with Crippen LogP contribution in [0, 0.1) is 0 Å². The summed E-state index contributed by atoms with van der Waals surface area (Å²) >= 11 is 0. The van der Waals surface area contributed by atoms with Crippen molar-refractivity contribution in [2.24, 2.45) is 0 Å². The fourth-order valence-corrected chi connectivity index (χ4v) is 7.48. The summed E-state index contributed by atoms with van der Waals surface area (Å²) in [5.74, 6) is -0.187. The van der Waals surface area contributed by atoms with Gasteiger partial charge in [0.25, 0.3) is 5.56 Å². The fourth-order valence-electron chi connectivity index (χ4n) is 5.36. The first kappa shape index (κ1) is 30.6. The number of ether oxygens (including phenoxy) is 2. The molecule has 10 N–H and O–H groups in total. The lowest BCUT2D eigenvalue weighted by Crippen LogP contribution is -2.37. The highest BCUT2D eigenvalue weighted by Gasteiger charge is 2.56. The number of imidazole rings is 2. The summed E-state index contributed by atoms with van der Waals surface area (Å²) in [6, 6.07) is 1.54. The fraction of sp³-hybridized carbons (Fsp3) is 0.476. The number of pyridine rings is 1. The van der Waals surface area contributed by atoms with E-state index in [1.807, 2.05) is 0 Å². The third-order valence-electron chi connectivity index (χ3n) is 7.36. The summed E-state index contributed by atoms with van der Waals surface area (Å²) in [6.45, 7) is -1.55. The van der Waals surface area contributed by atoms with Crippen molar-refractivity contribution in [2.45, 2.75) is 48.6 Å². The van der Waals surface area contributed by atoms with Gasteiger partial charge in [-0.2, -0.15) is 4.98 Å². The number of anilines is 2. The zero-order valence-corrected chi connectivity index (χ0v) is 24.0. The van der Waals surface area contributed by atoms with Crippen LogP contribution >= 0.6 is 15.9 Å². The van der Waals surface area contributed by atoms with Gasteiger partial charge in [0.1, 0.15) is 35.6 Å². The van der Waals surface area contributed by atoms with Crippen LogP contribution in [0.4, 0.5) is 11.8 Å². The highest BCUT2D eigenvalue weighted by molar-refractivity contribution is 7.53. The number of hydrogen-bond acceptors (Lipinski definition) is 16. The summed E-state index contributed by atoms with van der Waals surface area (Å²) in [4.78, 5) is 51.1. The third-order valence-corrected chi connectivity index (χ3v) is 9.62. The number of nitrogen functional groups attached to an aromatic ring is 2. The number of nitrogens with one attached hydrogen (secondary N) is 1.